The van der Waals surface area contributed by atoms with Crippen molar-refractivity contribution in [2.45, 2.75) is 24.7 Å². The number of nitrogens with one attached hydrogen (secondary N) is 1. The molecule has 0 radical (unpaired) electrons. The fourth-order valence-corrected chi connectivity index (χ4v) is 4.71. The summed E-state index contributed by atoms with van der Waals surface area (Å²) in [5.41, 5.74) is 2.04. The van der Waals surface area contributed by atoms with E-state index in [0.29, 0.717) is 37.4 Å². The Labute approximate surface area is 177 Å². The fraction of sp³-hybridized carbons (Fsp3) is 0.364. The minimum Gasteiger partial charge on any atom is -0.326 e. The van der Waals surface area contributed by atoms with E-state index in [0.717, 1.165) is 5.56 Å². The van der Waals surface area contributed by atoms with Gasteiger partial charge >= 0.3 is 0 Å². The molecule has 1 N–H and O–H groups in total. The third kappa shape index (κ3) is 5.53. The molecular weight excluding hydrogens is 402 g/mol. The molecule has 0 atom stereocenters. The number of hydrogen-bond acceptors (Lipinski definition) is 5. The molecule has 0 saturated carbocycles. The van der Waals surface area contributed by atoms with Gasteiger partial charge in [0.25, 0.3) is 0 Å². The molecule has 0 bridgehead atoms. The van der Waals surface area contributed by atoms with Gasteiger partial charge in [-0.1, -0.05) is 35.9 Å². The fourth-order valence-electron chi connectivity index (χ4n) is 3.25. The molecule has 0 spiro atoms. The van der Waals surface area contributed by atoms with Crippen LogP contribution in [0.15, 0.2) is 53.4 Å². The van der Waals surface area contributed by atoms with Gasteiger partial charge in [0.1, 0.15) is 0 Å². The number of carbonyl (C=O) groups excluding carboxylic acids is 2. The molecule has 1 amide bonds. The van der Waals surface area contributed by atoms with Gasteiger partial charge in [0.2, 0.25) is 15.9 Å². The summed E-state index contributed by atoms with van der Waals surface area (Å²) in [5, 5.41) is 2.70. The second-order valence-electron chi connectivity index (χ2n) is 7.57. The van der Waals surface area contributed by atoms with Crippen molar-refractivity contribution in [1.29, 1.82) is 0 Å². The Kier molecular flexibility index (Phi) is 7.02. The van der Waals surface area contributed by atoms with Crippen LogP contribution in [0.25, 0.3) is 0 Å². The smallest absolute Gasteiger partial charge is 0.243 e. The number of anilines is 1. The molecule has 1 fully saturated rings. The molecule has 1 saturated heterocycles. The van der Waals surface area contributed by atoms with Crippen LogP contribution in [-0.2, 0) is 14.8 Å². The predicted molar refractivity (Wildman–Crippen MR) is 116 cm³/mol. The maximum Gasteiger partial charge on any atom is 0.243 e. The summed E-state index contributed by atoms with van der Waals surface area (Å²) in [4.78, 5) is 26.7. The monoisotopic (exact) mass is 429 g/mol. The molecule has 3 rings (SSSR count). The molecule has 0 aliphatic carbocycles. The number of likely N-dealkylation sites (N-methyl/N-ethyl adjacent to an activating group) is 1. The van der Waals surface area contributed by atoms with Crippen molar-refractivity contribution in [2.24, 2.45) is 0 Å². The lowest BCUT2D eigenvalue weighted by atomic mass is 10.0. The number of benzene rings is 2. The van der Waals surface area contributed by atoms with E-state index < -0.39 is 10.0 Å². The van der Waals surface area contributed by atoms with Gasteiger partial charge in [-0.3, -0.25) is 9.59 Å². The third-order valence-electron chi connectivity index (χ3n) is 5.17. The lowest BCUT2D eigenvalue weighted by molar-refractivity contribution is -0.116. The van der Waals surface area contributed by atoms with Crippen LogP contribution >= 0.6 is 0 Å². The molecule has 8 heteroatoms. The molecule has 2 aromatic carbocycles. The van der Waals surface area contributed by atoms with Crippen LogP contribution in [-0.4, -0.2) is 62.5 Å². The van der Waals surface area contributed by atoms with Crippen molar-refractivity contribution in [3.8, 4) is 0 Å². The van der Waals surface area contributed by atoms with Crippen LogP contribution in [0.5, 0.6) is 0 Å². The lowest BCUT2D eigenvalue weighted by Crippen LogP contribution is -2.47. The molecule has 160 valence electrons. The number of nitrogens with zero attached hydrogens (tertiary/aromatic N) is 2. The average molecular weight is 430 g/mol. The van der Waals surface area contributed by atoms with E-state index in [-0.39, 0.29) is 29.4 Å². The highest BCUT2D eigenvalue weighted by atomic mass is 32.2. The number of rotatable bonds is 7. The minimum absolute atomic E-state index is 0.0299. The van der Waals surface area contributed by atoms with Crippen LogP contribution in [0.1, 0.15) is 28.8 Å². The van der Waals surface area contributed by atoms with E-state index in [1.807, 2.05) is 26.1 Å². The first-order chi connectivity index (χ1) is 14.3. The van der Waals surface area contributed by atoms with Gasteiger partial charge in [-0.2, -0.15) is 4.31 Å². The topological polar surface area (TPSA) is 86.8 Å². The number of Topliss-reactive ketones (excluding diaryl/α,β-unsaturated/α-hetero) is 1. The Morgan fingerprint density at radius 3 is 2.30 bits per heavy atom. The van der Waals surface area contributed by atoms with Crippen molar-refractivity contribution < 1.29 is 18.0 Å². The first kappa shape index (κ1) is 22.1. The SMILES string of the molecule is Cc1ccc(C(=O)CCC(=O)Nc2cccc(S(=O)(=O)N3CCN(C)CC3)c2)cc1. The van der Waals surface area contributed by atoms with E-state index >= 15 is 0 Å². The third-order valence-corrected chi connectivity index (χ3v) is 7.07. The van der Waals surface area contributed by atoms with Gasteiger partial charge in [-0.25, -0.2) is 8.42 Å². The average Bonchev–Trinajstić information content (AvgIpc) is 2.73. The second-order valence-corrected chi connectivity index (χ2v) is 9.51. The normalized spacial score (nSPS) is 15.7. The van der Waals surface area contributed by atoms with Gasteiger partial charge in [-0.15, -0.1) is 0 Å². The number of aryl methyl sites for hydroxylation is 1. The Bertz CT molecular complexity index is 1010. The first-order valence-electron chi connectivity index (χ1n) is 9.94. The van der Waals surface area contributed by atoms with Crippen LogP contribution in [0, 0.1) is 6.92 Å². The van der Waals surface area contributed by atoms with Gasteiger partial charge in [0.05, 0.1) is 4.90 Å². The van der Waals surface area contributed by atoms with E-state index in [2.05, 4.69) is 10.2 Å². The van der Waals surface area contributed by atoms with Crippen LogP contribution in [0.4, 0.5) is 5.69 Å². The molecule has 0 unspecified atom stereocenters. The molecule has 1 aliphatic rings. The van der Waals surface area contributed by atoms with Gasteiger partial charge in [0, 0.05) is 50.3 Å². The maximum atomic E-state index is 12.9. The standard InChI is InChI=1S/C22H27N3O4S/c1-17-6-8-18(9-7-17)21(26)10-11-22(27)23-19-4-3-5-20(16-19)30(28,29)25-14-12-24(2)13-15-25/h3-9,16H,10-15H2,1-2H3,(H,23,27). The maximum absolute atomic E-state index is 12.9. The summed E-state index contributed by atoms with van der Waals surface area (Å²) in [5.74, 6) is -0.429. The highest BCUT2D eigenvalue weighted by Gasteiger charge is 2.27. The summed E-state index contributed by atoms with van der Waals surface area (Å²) in [7, 11) is -1.65. The van der Waals surface area contributed by atoms with Gasteiger partial charge in [0.15, 0.2) is 5.78 Å². The van der Waals surface area contributed by atoms with E-state index in [1.165, 1.54) is 16.4 Å². The van der Waals surface area contributed by atoms with Crippen LogP contribution < -0.4 is 5.32 Å². The molecule has 7 nitrogen and oxygen atoms in total. The van der Waals surface area contributed by atoms with Crippen molar-refractivity contribution >= 4 is 27.4 Å². The Balaban J connectivity index is 1.60. The zero-order chi connectivity index (χ0) is 21.7. The molecular formula is C22H27N3O4S. The predicted octanol–water partition coefficient (Wildman–Crippen LogP) is 2.53. The van der Waals surface area contributed by atoms with Crippen molar-refractivity contribution in [3.63, 3.8) is 0 Å². The number of hydrogen-bond donors (Lipinski definition) is 1. The zero-order valence-electron chi connectivity index (χ0n) is 17.3. The van der Waals surface area contributed by atoms with Crippen LogP contribution in [0.3, 0.4) is 0 Å². The van der Waals surface area contributed by atoms with E-state index in [4.69, 9.17) is 0 Å². The number of amides is 1. The summed E-state index contributed by atoms with van der Waals surface area (Å²) in [6.45, 7) is 4.20. The lowest BCUT2D eigenvalue weighted by Gasteiger charge is -2.31. The number of carbonyl (C=O) groups is 2. The Morgan fingerprint density at radius 2 is 1.63 bits per heavy atom. The van der Waals surface area contributed by atoms with Crippen molar-refractivity contribution in [1.82, 2.24) is 9.21 Å². The highest BCUT2D eigenvalue weighted by molar-refractivity contribution is 7.89. The number of piperazine rings is 1. The quantitative estimate of drug-likeness (QED) is 0.684. The Hall–Kier alpha value is -2.55. The second kappa shape index (κ2) is 9.51. The van der Waals surface area contributed by atoms with E-state index in [9.17, 15) is 18.0 Å². The van der Waals surface area contributed by atoms with Crippen molar-refractivity contribution in [2.75, 3.05) is 38.5 Å². The van der Waals surface area contributed by atoms with Gasteiger partial charge < -0.3 is 10.2 Å². The van der Waals surface area contributed by atoms with Gasteiger partial charge in [-0.05, 0) is 32.2 Å². The summed E-state index contributed by atoms with van der Waals surface area (Å²) >= 11 is 0. The summed E-state index contributed by atoms with van der Waals surface area (Å²) in [6.07, 6.45) is 0.121. The molecule has 1 aliphatic heterocycles. The van der Waals surface area contributed by atoms with Crippen molar-refractivity contribution in [3.05, 3.63) is 59.7 Å². The Morgan fingerprint density at radius 1 is 0.967 bits per heavy atom. The minimum atomic E-state index is -3.61. The van der Waals surface area contributed by atoms with E-state index in [1.54, 1.807) is 24.3 Å². The largest absolute Gasteiger partial charge is 0.326 e. The highest BCUT2D eigenvalue weighted by Crippen LogP contribution is 2.21. The summed E-state index contributed by atoms with van der Waals surface area (Å²) in [6, 6.07) is 13.5. The zero-order valence-corrected chi connectivity index (χ0v) is 18.1. The van der Waals surface area contributed by atoms with Crippen LogP contribution in [0.2, 0.25) is 0 Å². The molecule has 1 heterocycles. The first-order valence-corrected chi connectivity index (χ1v) is 11.4. The molecule has 30 heavy (non-hydrogen) atoms. The number of sulfonamides is 1. The number of ketones is 1. The molecule has 2 aromatic rings. The summed E-state index contributed by atoms with van der Waals surface area (Å²) < 4.78 is 27.2. The molecule has 0 aromatic heterocycles.